The number of carbonyl (C=O) groups excluding carboxylic acids is 3. The second kappa shape index (κ2) is 9.21. The quantitative estimate of drug-likeness (QED) is 0.717. The van der Waals surface area contributed by atoms with Gasteiger partial charge in [0.25, 0.3) is 5.91 Å². The van der Waals surface area contributed by atoms with Gasteiger partial charge >= 0.3 is 5.97 Å². The van der Waals surface area contributed by atoms with E-state index in [4.69, 9.17) is 4.74 Å². The molecule has 0 unspecified atom stereocenters. The van der Waals surface area contributed by atoms with Crippen molar-refractivity contribution in [3.05, 3.63) is 35.0 Å². The number of hydrogen-bond donors (Lipinski definition) is 2. The number of ether oxygens (including phenoxy) is 1. The summed E-state index contributed by atoms with van der Waals surface area (Å²) in [6, 6.07) is 3.79. The number of nitrogens with one attached hydrogen (secondary N) is 2. The third-order valence-electron chi connectivity index (χ3n) is 4.28. The lowest BCUT2D eigenvalue weighted by Crippen LogP contribution is -2.40. The van der Waals surface area contributed by atoms with Crippen molar-refractivity contribution in [2.75, 3.05) is 29.9 Å². The van der Waals surface area contributed by atoms with Crippen molar-refractivity contribution >= 4 is 29.2 Å². The van der Waals surface area contributed by atoms with Gasteiger partial charge in [-0.15, -0.1) is 0 Å². The second-order valence-corrected chi connectivity index (χ2v) is 6.50. The van der Waals surface area contributed by atoms with Crippen LogP contribution >= 0.6 is 0 Å². The van der Waals surface area contributed by atoms with E-state index in [1.807, 2.05) is 32.9 Å². The Morgan fingerprint density at radius 1 is 1.19 bits per heavy atom. The van der Waals surface area contributed by atoms with Crippen LogP contribution in [0.4, 0.5) is 11.4 Å². The van der Waals surface area contributed by atoms with Gasteiger partial charge < -0.3 is 15.4 Å². The Hall–Kier alpha value is -2.83. The molecule has 1 heterocycles. The van der Waals surface area contributed by atoms with E-state index < -0.39 is 5.97 Å². The molecule has 1 aliphatic heterocycles. The second-order valence-electron chi connectivity index (χ2n) is 6.50. The Bertz CT molecular complexity index is 771. The van der Waals surface area contributed by atoms with Gasteiger partial charge in [-0.1, -0.05) is 6.92 Å². The highest BCUT2D eigenvalue weighted by atomic mass is 16.5. The summed E-state index contributed by atoms with van der Waals surface area (Å²) >= 11 is 0. The summed E-state index contributed by atoms with van der Waals surface area (Å²) in [7, 11) is 0. The standard InChI is InChI=1S/C20H27N3O4/c1-5-7-21-18(24)12-23-17-9-14(4)13(3)8-16(17)22-15(10-19(23)25)11-20(26)27-6-2/h8-10,22H,5-7,11-12H2,1-4H3,(H,21,24). The molecule has 0 spiro atoms. The molecule has 1 aromatic carbocycles. The maximum Gasteiger partial charge on any atom is 0.311 e. The highest BCUT2D eigenvalue weighted by molar-refractivity contribution is 6.09. The zero-order valence-corrected chi connectivity index (χ0v) is 16.3. The molecule has 0 radical (unpaired) electrons. The largest absolute Gasteiger partial charge is 0.466 e. The van der Waals surface area contributed by atoms with E-state index in [9.17, 15) is 14.4 Å². The molecule has 1 aliphatic rings. The maximum absolute atomic E-state index is 12.8. The van der Waals surface area contributed by atoms with Gasteiger partial charge in [0.05, 0.1) is 24.4 Å². The van der Waals surface area contributed by atoms with Crippen LogP contribution in [0.5, 0.6) is 0 Å². The Morgan fingerprint density at radius 2 is 1.89 bits per heavy atom. The van der Waals surface area contributed by atoms with Crippen LogP contribution in [0.2, 0.25) is 0 Å². The molecule has 0 saturated carbocycles. The summed E-state index contributed by atoms with van der Waals surface area (Å²) in [5, 5.41) is 5.95. The third-order valence-corrected chi connectivity index (χ3v) is 4.28. The van der Waals surface area contributed by atoms with Gasteiger partial charge in [0, 0.05) is 18.3 Å². The molecule has 0 fully saturated rings. The Kier molecular flexibility index (Phi) is 6.98. The number of anilines is 2. The van der Waals surface area contributed by atoms with Crippen molar-refractivity contribution in [3.8, 4) is 0 Å². The molecule has 146 valence electrons. The molecule has 0 atom stereocenters. The van der Waals surface area contributed by atoms with E-state index in [0.29, 0.717) is 23.6 Å². The number of fused-ring (bicyclic) bond motifs is 1. The number of rotatable bonds is 7. The smallest absolute Gasteiger partial charge is 0.311 e. The van der Waals surface area contributed by atoms with Crippen molar-refractivity contribution in [1.82, 2.24) is 5.32 Å². The van der Waals surface area contributed by atoms with Crippen LogP contribution in [0, 0.1) is 13.8 Å². The zero-order valence-electron chi connectivity index (χ0n) is 16.3. The first kappa shape index (κ1) is 20.5. The minimum absolute atomic E-state index is 0.0399. The molecule has 2 rings (SSSR count). The topological polar surface area (TPSA) is 87.7 Å². The van der Waals surface area contributed by atoms with Gasteiger partial charge in [0.2, 0.25) is 5.91 Å². The van der Waals surface area contributed by atoms with Crippen molar-refractivity contribution in [3.63, 3.8) is 0 Å². The van der Waals surface area contributed by atoms with Gasteiger partial charge in [-0.25, -0.2) is 0 Å². The number of esters is 1. The van der Waals surface area contributed by atoms with Crippen molar-refractivity contribution in [2.24, 2.45) is 0 Å². The lowest BCUT2D eigenvalue weighted by Gasteiger charge is -2.23. The van der Waals surface area contributed by atoms with Crippen molar-refractivity contribution in [1.29, 1.82) is 0 Å². The van der Waals surface area contributed by atoms with Gasteiger partial charge in [-0.3, -0.25) is 19.3 Å². The summed E-state index contributed by atoms with van der Waals surface area (Å²) in [6.07, 6.45) is 2.14. The molecule has 0 aliphatic carbocycles. The average molecular weight is 373 g/mol. The zero-order chi connectivity index (χ0) is 20.0. The third kappa shape index (κ3) is 5.32. The summed E-state index contributed by atoms with van der Waals surface area (Å²) in [5.41, 5.74) is 3.80. The number of amides is 2. The highest BCUT2D eigenvalue weighted by Gasteiger charge is 2.25. The van der Waals surface area contributed by atoms with Crippen LogP contribution in [0.25, 0.3) is 0 Å². The van der Waals surface area contributed by atoms with Crippen LogP contribution in [0.3, 0.4) is 0 Å². The van der Waals surface area contributed by atoms with E-state index in [-0.39, 0.29) is 31.4 Å². The van der Waals surface area contributed by atoms with Crippen LogP contribution < -0.4 is 15.5 Å². The fraction of sp³-hybridized carbons (Fsp3) is 0.450. The molecule has 27 heavy (non-hydrogen) atoms. The Morgan fingerprint density at radius 3 is 2.56 bits per heavy atom. The number of carbonyl (C=O) groups is 3. The fourth-order valence-electron chi connectivity index (χ4n) is 2.77. The summed E-state index contributed by atoms with van der Waals surface area (Å²) in [4.78, 5) is 38.3. The van der Waals surface area contributed by atoms with Crippen LogP contribution in [-0.2, 0) is 19.1 Å². The number of aryl methyl sites for hydroxylation is 2. The van der Waals surface area contributed by atoms with E-state index in [2.05, 4.69) is 10.6 Å². The average Bonchev–Trinajstić information content (AvgIpc) is 2.71. The molecule has 0 saturated heterocycles. The predicted molar refractivity (Wildman–Crippen MR) is 105 cm³/mol. The van der Waals surface area contributed by atoms with Gasteiger partial charge in [0.1, 0.15) is 6.54 Å². The Labute approximate surface area is 159 Å². The fourth-order valence-corrected chi connectivity index (χ4v) is 2.77. The molecule has 7 heteroatoms. The predicted octanol–water partition coefficient (Wildman–Crippen LogP) is 2.43. The van der Waals surface area contributed by atoms with Crippen LogP contribution in [0.1, 0.15) is 37.8 Å². The van der Waals surface area contributed by atoms with Crippen molar-refractivity contribution < 1.29 is 19.1 Å². The van der Waals surface area contributed by atoms with Crippen molar-refractivity contribution in [2.45, 2.75) is 40.5 Å². The van der Waals surface area contributed by atoms with E-state index in [0.717, 1.165) is 17.5 Å². The van der Waals surface area contributed by atoms with Gasteiger partial charge in [0.15, 0.2) is 0 Å². The molecule has 2 N–H and O–H groups in total. The lowest BCUT2D eigenvalue weighted by molar-refractivity contribution is -0.142. The normalized spacial score (nSPS) is 13.3. The minimum atomic E-state index is -0.413. The van der Waals surface area contributed by atoms with Gasteiger partial charge in [-0.2, -0.15) is 0 Å². The van der Waals surface area contributed by atoms with Crippen LogP contribution in [0.15, 0.2) is 23.9 Å². The SMILES string of the molecule is CCCNC(=O)CN1C(=O)C=C(CC(=O)OCC)Nc2cc(C)c(C)cc21. The van der Waals surface area contributed by atoms with Crippen LogP contribution in [-0.4, -0.2) is 37.5 Å². The van der Waals surface area contributed by atoms with E-state index in [1.165, 1.54) is 11.0 Å². The summed E-state index contributed by atoms with van der Waals surface area (Å²) in [5.74, 6) is -0.990. The van der Waals surface area contributed by atoms with E-state index >= 15 is 0 Å². The molecule has 7 nitrogen and oxygen atoms in total. The van der Waals surface area contributed by atoms with Gasteiger partial charge in [-0.05, 0) is 50.5 Å². The first-order valence-electron chi connectivity index (χ1n) is 9.18. The molecule has 0 bridgehead atoms. The number of benzene rings is 1. The lowest BCUT2D eigenvalue weighted by atomic mass is 10.1. The minimum Gasteiger partial charge on any atom is -0.466 e. The summed E-state index contributed by atoms with van der Waals surface area (Å²) < 4.78 is 4.98. The molecule has 1 aromatic rings. The molecular formula is C20H27N3O4. The molecule has 2 amide bonds. The number of nitrogens with zero attached hydrogens (tertiary/aromatic N) is 1. The molecular weight excluding hydrogens is 346 g/mol. The maximum atomic E-state index is 12.8. The first-order valence-corrected chi connectivity index (χ1v) is 9.18. The first-order chi connectivity index (χ1) is 12.8. The highest BCUT2D eigenvalue weighted by Crippen LogP contribution is 2.33. The van der Waals surface area contributed by atoms with E-state index in [1.54, 1.807) is 6.92 Å². The Balaban J connectivity index is 2.37. The number of hydrogen-bond acceptors (Lipinski definition) is 5. The monoisotopic (exact) mass is 373 g/mol. The molecule has 0 aromatic heterocycles. The summed E-state index contributed by atoms with van der Waals surface area (Å²) in [6.45, 7) is 8.37.